The zero-order valence-electron chi connectivity index (χ0n) is 23.6. The normalized spacial score (nSPS) is 16.2. The predicted octanol–water partition coefficient (Wildman–Crippen LogP) is 5.57. The third-order valence-electron chi connectivity index (χ3n) is 6.67. The minimum absolute atomic E-state index is 0.0126. The largest absolute Gasteiger partial charge is 0.507 e. The van der Waals surface area contributed by atoms with Crippen molar-refractivity contribution >= 4 is 23.1 Å². The van der Waals surface area contributed by atoms with Crippen molar-refractivity contribution in [1.82, 2.24) is 4.90 Å². The van der Waals surface area contributed by atoms with Crippen molar-refractivity contribution in [2.24, 2.45) is 0 Å². The van der Waals surface area contributed by atoms with Crippen molar-refractivity contribution < 1.29 is 28.9 Å². The maximum absolute atomic E-state index is 13.6. The number of amides is 1. The molecule has 3 aromatic rings. The molecule has 3 aromatic carbocycles. The van der Waals surface area contributed by atoms with Gasteiger partial charge in [-0.05, 0) is 68.3 Å². The second-order valence-electron chi connectivity index (χ2n) is 9.51. The first-order chi connectivity index (χ1) is 19.3. The van der Waals surface area contributed by atoms with E-state index in [-0.39, 0.29) is 17.9 Å². The van der Waals surface area contributed by atoms with Gasteiger partial charge in [0.05, 0.1) is 37.0 Å². The van der Waals surface area contributed by atoms with Crippen molar-refractivity contribution in [3.63, 3.8) is 0 Å². The minimum atomic E-state index is -0.802. The standard InChI is InChI=1S/C32H36N2O6/c1-6-38-24-15-9-21(10-16-24)20-34-29(22-11-13-23(14-12-22)33(4)5)28(31(36)32(34)37)30(35)26-18-17-25(39-7-2)19-27(26)40-8-3/h9-19,29,35H,6-8,20H2,1-5H3/b30-28-. The van der Waals surface area contributed by atoms with E-state index >= 15 is 0 Å². The highest BCUT2D eigenvalue weighted by Gasteiger charge is 2.46. The average molecular weight is 545 g/mol. The summed E-state index contributed by atoms with van der Waals surface area (Å²) in [5.41, 5.74) is 2.84. The Labute approximate surface area is 235 Å². The van der Waals surface area contributed by atoms with Gasteiger partial charge in [0.25, 0.3) is 11.7 Å². The molecule has 0 saturated carbocycles. The molecule has 0 bridgehead atoms. The summed E-state index contributed by atoms with van der Waals surface area (Å²) in [6.45, 7) is 7.16. The van der Waals surface area contributed by atoms with E-state index in [1.807, 2.05) is 88.3 Å². The third-order valence-corrected chi connectivity index (χ3v) is 6.67. The molecule has 4 rings (SSSR count). The lowest BCUT2D eigenvalue weighted by molar-refractivity contribution is -0.140. The molecule has 0 radical (unpaired) electrons. The number of rotatable bonds is 11. The monoisotopic (exact) mass is 544 g/mol. The van der Waals surface area contributed by atoms with Gasteiger partial charge in [-0.25, -0.2) is 0 Å². The van der Waals surface area contributed by atoms with Crippen LogP contribution in [0.5, 0.6) is 17.2 Å². The first-order valence-corrected chi connectivity index (χ1v) is 13.5. The number of carbonyl (C=O) groups excluding carboxylic acids is 2. The van der Waals surface area contributed by atoms with Gasteiger partial charge in [-0.1, -0.05) is 24.3 Å². The lowest BCUT2D eigenvalue weighted by atomic mass is 9.94. The Kier molecular flexibility index (Phi) is 8.99. The molecule has 210 valence electrons. The van der Waals surface area contributed by atoms with Crippen LogP contribution in [-0.4, -0.2) is 55.6 Å². The minimum Gasteiger partial charge on any atom is -0.507 e. The number of hydrogen-bond acceptors (Lipinski definition) is 7. The van der Waals surface area contributed by atoms with E-state index in [1.165, 1.54) is 4.90 Å². The van der Waals surface area contributed by atoms with E-state index in [9.17, 15) is 14.7 Å². The fourth-order valence-electron chi connectivity index (χ4n) is 4.77. The molecule has 8 heteroatoms. The van der Waals surface area contributed by atoms with Gasteiger partial charge in [-0.3, -0.25) is 9.59 Å². The van der Waals surface area contributed by atoms with Crippen molar-refractivity contribution in [3.05, 3.63) is 89.0 Å². The Balaban J connectivity index is 1.83. The second kappa shape index (κ2) is 12.6. The molecule has 1 aliphatic rings. The predicted molar refractivity (Wildman–Crippen MR) is 155 cm³/mol. The number of anilines is 1. The van der Waals surface area contributed by atoms with Crippen molar-refractivity contribution in [2.45, 2.75) is 33.4 Å². The molecule has 1 heterocycles. The molecular weight excluding hydrogens is 508 g/mol. The SMILES string of the molecule is CCOc1ccc(CN2C(=O)C(=O)/C(=C(\O)c3ccc(OCC)cc3OCC)C2c2ccc(N(C)C)cc2)cc1. The number of benzene rings is 3. The van der Waals surface area contributed by atoms with Crippen LogP contribution in [0, 0.1) is 0 Å². The van der Waals surface area contributed by atoms with E-state index in [1.54, 1.807) is 18.2 Å². The average Bonchev–Trinajstić information content (AvgIpc) is 3.19. The van der Waals surface area contributed by atoms with Crippen LogP contribution >= 0.6 is 0 Å². The highest BCUT2D eigenvalue weighted by molar-refractivity contribution is 6.46. The van der Waals surface area contributed by atoms with E-state index in [0.29, 0.717) is 42.4 Å². The molecule has 0 aliphatic carbocycles. The van der Waals surface area contributed by atoms with Gasteiger partial charge in [0.15, 0.2) is 0 Å². The molecule has 1 amide bonds. The summed E-state index contributed by atoms with van der Waals surface area (Å²) in [6.07, 6.45) is 0. The number of aliphatic hydroxyl groups is 1. The van der Waals surface area contributed by atoms with Gasteiger partial charge in [-0.15, -0.1) is 0 Å². The summed E-state index contributed by atoms with van der Waals surface area (Å²) in [4.78, 5) is 30.5. The van der Waals surface area contributed by atoms with Crippen LogP contribution in [0.1, 0.15) is 43.5 Å². The van der Waals surface area contributed by atoms with E-state index in [2.05, 4.69) is 0 Å². The van der Waals surface area contributed by atoms with E-state index in [0.717, 1.165) is 17.0 Å². The zero-order valence-corrected chi connectivity index (χ0v) is 23.6. The summed E-state index contributed by atoms with van der Waals surface area (Å²) in [7, 11) is 3.88. The van der Waals surface area contributed by atoms with Gasteiger partial charge in [0, 0.05) is 32.4 Å². The lowest BCUT2D eigenvalue weighted by Crippen LogP contribution is -2.29. The van der Waals surface area contributed by atoms with E-state index in [4.69, 9.17) is 14.2 Å². The Morgan fingerprint density at radius 1 is 0.825 bits per heavy atom. The van der Waals surface area contributed by atoms with Crippen LogP contribution in [0.25, 0.3) is 5.76 Å². The molecule has 0 aromatic heterocycles. The summed E-state index contributed by atoms with van der Waals surface area (Å²) >= 11 is 0. The molecule has 1 atom stereocenters. The number of Topliss-reactive ketones (excluding diaryl/α,β-unsaturated/α-hetero) is 1. The van der Waals surface area contributed by atoms with Gasteiger partial charge < -0.3 is 29.1 Å². The fraction of sp³-hybridized carbons (Fsp3) is 0.312. The molecule has 1 fully saturated rings. The number of nitrogens with zero attached hydrogens (tertiary/aromatic N) is 2. The van der Waals surface area contributed by atoms with Crippen molar-refractivity contribution in [1.29, 1.82) is 0 Å². The van der Waals surface area contributed by atoms with Gasteiger partial charge in [0.1, 0.15) is 23.0 Å². The summed E-state index contributed by atoms with van der Waals surface area (Å²) in [6, 6.07) is 19.3. The number of ketones is 1. The number of carbonyl (C=O) groups is 2. The third kappa shape index (κ3) is 5.91. The molecule has 1 N–H and O–H groups in total. The van der Waals surface area contributed by atoms with Crippen molar-refractivity contribution in [2.75, 3.05) is 38.8 Å². The Morgan fingerprint density at radius 3 is 2.02 bits per heavy atom. The molecule has 8 nitrogen and oxygen atoms in total. The Morgan fingerprint density at radius 2 is 1.43 bits per heavy atom. The van der Waals surface area contributed by atoms with Crippen LogP contribution < -0.4 is 19.1 Å². The summed E-state index contributed by atoms with van der Waals surface area (Å²) in [5.74, 6) is -0.0501. The number of aliphatic hydroxyl groups excluding tert-OH is 1. The van der Waals surface area contributed by atoms with Gasteiger partial charge in [-0.2, -0.15) is 0 Å². The van der Waals surface area contributed by atoms with Crippen LogP contribution in [0.4, 0.5) is 5.69 Å². The maximum Gasteiger partial charge on any atom is 0.295 e. The molecule has 1 unspecified atom stereocenters. The van der Waals surface area contributed by atoms with Crippen LogP contribution in [-0.2, 0) is 16.1 Å². The van der Waals surface area contributed by atoms with Gasteiger partial charge >= 0.3 is 0 Å². The second-order valence-corrected chi connectivity index (χ2v) is 9.51. The lowest BCUT2D eigenvalue weighted by Gasteiger charge is -2.26. The number of likely N-dealkylation sites (tertiary alicyclic amines) is 1. The maximum atomic E-state index is 13.6. The first kappa shape index (κ1) is 28.5. The van der Waals surface area contributed by atoms with Crippen molar-refractivity contribution in [3.8, 4) is 17.2 Å². The quantitative estimate of drug-likeness (QED) is 0.192. The van der Waals surface area contributed by atoms with Crippen LogP contribution in [0.3, 0.4) is 0 Å². The smallest absolute Gasteiger partial charge is 0.295 e. The molecule has 0 spiro atoms. The van der Waals surface area contributed by atoms with Crippen LogP contribution in [0.2, 0.25) is 0 Å². The van der Waals surface area contributed by atoms with Crippen LogP contribution in [0.15, 0.2) is 72.3 Å². The van der Waals surface area contributed by atoms with Gasteiger partial charge in [0.2, 0.25) is 0 Å². The zero-order chi connectivity index (χ0) is 28.8. The summed E-state index contributed by atoms with van der Waals surface area (Å²) in [5, 5.41) is 11.6. The topological polar surface area (TPSA) is 88.5 Å². The highest BCUT2D eigenvalue weighted by atomic mass is 16.5. The Hall–Kier alpha value is -4.46. The molecule has 40 heavy (non-hydrogen) atoms. The number of ether oxygens (including phenoxy) is 3. The highest BCUT2D eigenvalue weighted by Crippen LogP contribution is 2.42. The number of hydrogen-bond donors (Lipinski definition) is 1. The first-order valence-electron chi connectivity index (χ1n) is 13.5. The Bertz CT molecular complexity index is 1380. The van der Waals surface area contributed by atoms with E-state index < -0.39 is 17.7 Å². The molecular formula is C32H36N2O6. The molecule has 1 saturated heterocycles. The summed E-state index contributed by atoms with van der Waals surface area (Å²) < 4.78 is 16.9. The molecule has 1 aliphatic heterocycles. The fourth-order valence-corrected chi connectivity index (χ4v) is 4.77.